The van der Waals surface area contributed by atoms with Crippen molar-refractivity contribution in [1.82, 2.24) is 0 Å². The Hall–Kier alpha value is -4.01. The van der Waals surface area contributed by atoms with E-state index in [9.17, 15) is 0 Å². The van der Waals surface area contributed by atoms with Crippen LogP contribution in [0.3, 0.4) is 0 Å². The molecule has 0 saturated carbocycles. The lowest BCUT2D eigenvalue weighted by Gasteiger charge is -2.09. The summed E-state index contributed by atoms with van der Waals surface area (Å²) in [6.07, 6.45) is 0. The van der Waals surface area contributed by atoms with Gasteiger partial charge < -0.3 is 8.83 Å². The van der Waals surface area contributed by atoms with Gasteiger partial charge in [-0.15, -0.1) is 0 Å². The molecule has 0 radical (unpaired) electrons. The van der Waals surface area contributed by atoms with E-state index in [0.29, 0.717) is 10.6 Å². The lowest BCUT2D eigenvalue weighted by atomic mass is 9.93. The average molecular weight is 445 g/mol. The number of para-hydroxylation sites is 3. The molecule has 0 bridgehead atoms. The van der Waals surface area contributed by atoms with Crippen molar-refractivity contribution in [2.24, 2.45) is 0 Å². The third kappa shape index (κ3) is 2.75. The summed E-state index contributed by atoms with van der Waals surface area (Å²) in [6.45, 7) is 0. The second kappa shape index (κ2) is 6.99. The summed E-state index contributed by atoms with van der Waals surface area (Å²) in [4.78, 5) is 0. The minimum absolute atomic E-state index is 0.617. The van der Waals surface area contributed by atoms with Crippen molar-refractivity contribution < 1.29 is 8.83 Å². The highest BCUT2D eigenvalue weighted by Crippen LogP contribution is 2.44. The van der Waals surface area contributed by atoms with Crippen molar-refractivity contribution in [3.05, 3.63) is 108 Å². The van der Waals surface area contributed by atoms with Crippen LogP contribution in [0.15, 0.2) is 112 Å². The summed E-state index contributed by atoms with van der Waals surface area (Å²) in [5.74, 6) is 0. The Labute approximate surface area is 194 Å². The molecule has 0 aliphatic carbocycles. The molecule has 0 saturated heterocycles. The number of furan rings is 2. The molecule has 0 amide bonds. The molecule has 0 aliphatic heterocycles. The van der Waals surface area contributed by atoms with Crippen LogP contribution >= 0.6 is 11.6 Å². The van der Waals surface area contributed by atoms with Gasteiger partial charge in [-0.1, -0.05) is 90.5 Å². The van der Waals surface area contributed by atoms with Crippen molar-refractivity contribution in [2.75, 3.05) is 0 Å². The van der Waals surface area contributed by atoms with E-state index in [0.717, 1.165) is 60.5 Å². The van der Waals surface area contributed by atoms with E-state index in [1.165, 1.54) is 0 Å². The van der Waals surface area contributed by atoms with Crippen LogP contribution < -0.4 is 0 Å². The van der Waals surface area contributed by atoms with E-state index in [1.807, 2.05) is 36.4 Å². The molecule has 0 fully saturated rings. The molecular formula is C30H17ClO2. The third-order valence-corrected chi connectivity index (χ3v) is 6.65. The first-order chi connectivity index (χ1) is 16.3. The summed E-state index contributed by atoms with van der Waals surface area (Å²) in [5.41, 5.74) is 7.62. The normalized spacial score (nSPS) is 11.8. The largest absolute Gasteiger partial charge is 0.456 e. The monoisotopic (exact) mass is 444 g/mol. The first kappa shape index (κ1) is 18.6. The summed E-state index contributed by atoms with van der Waals surface area (Å²) >= 11 is 6.48. The van der Waals surface area contributed by atoms with Gasteiger partial charge in [-0.05, 0) is 41.0 Å². The fourth-order valence-corrected chi connectivity index (χ4v) is 5.08. The molecule has 2 heterocycles. The highest BCUT2D eigenvalue weighted by Gasteiger charge is 2.19. The minimum Gasteiger partial charge on any atom is -0.456 e. The molecule has 0 atom stereocenters. The maximum absolute atomic E-state index is 6.48. The molecule has 2 aromatic heterocycles. The molecule has 7 aromatic rings. The summed E-state index contributed by atoms with van der Waals surface area (Å²) in [5, 5.41) is 4.87. The van der Waals surface area contributed by atoms with Gasteiger partial charge in [0.1, 0.15) is 16.7 Å². The van der Waals surface area contributed by atoms with Crippen LogP contribution in [0, 0.1) is 0 Å². The fraction of sp³-hybridized carbons (Fsp3) is 0. The van der Waals surface area contributed by atoms with Gasteiger partial charge in [0.05, 0.1) is 5.02 Å². The van der Waals surface area contributed by atoms with Gasteiger partial charge in [0.15, 0.2) is 5.58 Å². The molecule has 33 heavy (non-hydrogen) atoms. The summed E-state index contributed by atoms with van der Waals surface area (Å²) in [7, 11) is 0. The Morgan fingerprint density at radius 1 is 0.485 bits per heavy atom. The van der Waals surface area contributed by atoms with E-state index in [2.05, 4.69) is 66.7 Å². The van der Waals surface area contributed by atoms with Gasteiger partial charge in [0.25, 0.3) is 0 Å². The van der Waals surface area contributed by atoms with Gasteiger partial charge in [0.2, 0.25) is 0 Å². The van der Waals surface area contributed by atoms with Crippen molar-refractivity contribution in [2.45, 2.75) is 0 Å². The first-order valence-corrected chi connectivity index (χ1v) is 11.3. The highest BCUT2D eigenvalue weighted by molar-refractivity contribution is 6.36. The smallest absolute Gasteiger partial charge is 0.154 e. The first-order valence-electron chi connectivity index (χ1n) is 10.9. The fourth-order valence-electron chi connectivity index (χ4n) is 4.86. The van der Waals surface area contributed by atoms with Crippen molar-refractivity contribution in [3.8, 4) is 22.3 Å². The van der Waals surface area contributed by atoms with Crippen LogP contribution in [-0.2, 0) is 0 Å². The number of halogens is 1. The number of hydrogen-bond donors (Lipinski definition) is 0. The van der Waals surface area contributed by atoms with Gasteiger partial charge >= 0.3 is 0 Å². The van der Waals surface area contributed by atoms with Crippen molar-refractivity contribution in [1.29, 1.82) is 0 Å². The Balaban J connectivity index is 1.64. The molecule has 0 unspecified atom stereocenters. The lowest BCUT2D eigenvalue weighted by Crippen LogP contribution is -1.85. The molecule has 0 spiro atoms. The Morgan fingerprint density at radius 2 is 1.21 bits per heavy atom. The zero-order valence-electron chi connectivity index (χ0n) is 17.5. The second-order valence-corrected chi connectivity index (χ2v) is 8.67. The van der Waals surface area contributed by atoms with Crippen LogP contribution in [0.2, 0.25) is 5.02 Å². The Kier molecular flexibility index (Phi) is 3.93. The zero-order valence-corrected chi connectivity index (χ0v) is 18.3. The number of rotatable bonds is 2. The lowest BCUT2D eigenvalue weighted by molar-refractivity contribution is 0.669. The average Bonchev–Trinajstić information content (AvgIpc) is 3.43. The quantitative estimate of drug-likeness (QED) is 0.265. The number of benzene rings is 5. The predicted octanol–water partition coefficient (Wildman–Crippen LogP) is 9.47. The molecule has 7 rings (SSSR count). The number of hydrogen-bond acceptors (Lipinski definition) is 2. The second-order valence-electron chi connectivity index (χ2n) is 8.26. The SMILES string of the molecule is Clc1cccc2c1oc1c(-c3cc(-c4ccccc4)cc4oc5ccccc5c34)cccc12. The summed E-state index contributed by atoms with van der Waals surface area (Å²) in [6, 6.07) is 35.1. The number of fused-ring (bicyclic) bond motifs is 6. The highest BCUT2D eigenvalue weighted by atomic mass is 35.5. The van der Waals surface area contributed by atoms with E-state index < -0.39 is 0 Å². The Morgan fingerprint density at radius 3 is 2.09 bits per heavy atom. The molecule has 3 heteroatoms. The van der Waals surface area contributed by atoms with E-state index in [1.54, 1.807) is 0 Å². The summed E-state index contributed by atoms with van der Waals surface area (Å²) < 4.78 is 12.7. The van der Waals surface area contributed by atoms with Crippen LogP contribution in [0.25, 0.3) is 66.1 Å². The topological polar surface area (TPSA) is 26.3 Å². The molecule has 0 N–H and O–H groups in total. The molecular weight excluding hydrogens is 428 g/mol. The van der Waals surface area contributed by atoms with Gasteiger partial charge in [-0.3, -0.25) is 0 Å². The predicted molar refractivity (Wildman–Crippen MR) is 137 cm³/mol. The van der Waals surface area contributed by atoms with E-state index in [4.69, 9.17) is 20.4 Å². The van der Waals surface area contributed by atoms with Crippen LogP contribution in [0.4, 0.5) is 0 Å². The van der Waals surface area contributed by atoms with Crippen LogP contribution in [0.1, 0.15) is 0 Å². The molecule has 5 aromatic carbocycles. The minimum atomic E-state index is 0.617. The maximum Gasteiger partial charge on any atom is 0.154 e. The molecule has 0 aliphatic rings. The molecule has 2 nitrogen and oxygen atoms in total. The standard InChI is InChI=1S/C30H17ClO2/c31-25-14-7-13-21-20-11-6-12-22(29(20)33-30(21)25)24-16-19(18-8-2-1-3-9-18)17-27-28(24)23-10-4-5-15-26(23)32-27/h1-17H. The van der Waals surface area contributed by atoms with Crippen LogP contribution in [0.5, 0.6) is 0 Å². The maximum atomic E-state index is 6.48. The van der Waals surface area contributed by atoms with Crippen LogP contribution in [-0.4, -0.2) is 0 Å². The van der Waals surface area contributed by atoms with E-state index >= 15 is 0 Å². The third-order valence-electron chi connectivity index (χ3n) is 6.35. The van der Waals surface area contributed by atoms with E-state index in [-0.39, 0.29) is 0 Å². The molecule has 156 valence electrons. The zero-order chi connectivity index (χ0) is 21.9. The van der Waals surface area contributed by atoms with Crippen molar-refractivity contribution in [3.63, 3.8) is 0 Å². The Bertz CT molecular complexity index is 1820. The van der Waals surface area contributed by atoms with Crippen molar-refractivity contribution >= 4 is 55.5 Å². The van der Waals surface area contributed by atoms with Gasteiger partial charge in [-0.2, -0.15) is 0 Å². The van der Waals surface area contributed by atoms with Gasteiger partial charge in [-0.25, -0.2) is 0 Å². The van der Waals surface area contributed by atoms with Gasteiger partial charge in [0, 0.05) is 27.1 Å².